The number of nitrogens with zero attached hydrogens (tertiary/aromatic N) is 2. The minimum atomic E-state index is -0.601. The number of benzene rings is 1. The Labute approximate surface area is 159 Å². The maximum absolute atomic E-state index is 12.7. The molecule has 0 atom stereocenters. The predicted octanol–water partition coefficient (Wildman–Crippen LogP) is 4.00. The summed E-state index contributed by atoms with van der Waals surface area (Å²) in [7, 11) is 0. The van der Waals surface area contributed by atoms with Gasteiger partial charge in [0.2, 0.25) is 5.91 Å². The molecule has 0 spiro atoms. The number of hydrogen-bond acceptors (Lipinski definition) is 4. The number of carbonyl (C=O) groups excluding carboxylic acids is 2. The summed E-state index contributed by atoms with van der Waals surface area (Å²) in [5.74, 6) is 0.660. The molecule has 27 heavy (non-hydrogen) atoms. The topological polar surface area (TPSA) is 63.0 Å². The fourth-order valence-electron chi connectivity index (χ4n) is 3.11. The van der Waals surface area contributed by atoms with Crippen LogP contribution in [0, 0.1) is 0 Å². The van der Waals surface area contributed by atoms with Crippen LogP contribution >= 0.6 is 0 Å². The zero-order chi connectivity index (χ0) is 19.4. The van der Waals surface area contributed by atoms with E-state index in [4.69, 9.17) is 9.15 Å². The van der Waals surface area contributed by atoms with Gasteiger partial charge in [-0.05, 0) is 51.0 Å². The zero-order valence-electron chi connectivity index (χ0n) is 16.1. The van der Waals surface area contributed by atoms with E-state index < -0.39 is 11.7 Å². The van der Waals surface area contributed by atoms with Crippen LogP contribution in [0.15, 0.2) is 47.1 Å². The van der Waals surface area contributed by atoms with Crippen LogP contribution in [0.1, 0.15) is 38.5 Å². The monoisotopic (exact) mass is 370 g/mol. The molecule has 2 heterocycles. The Morgan fingerprint density at radius 3 is 2.67 bits per heavy atom. The lowest BCUT2D eigenvalue weighted by atomic mass is 10.2. The van der Waals surface area contributed by atoms with Gasteiger partial charge in [-0.1, -0.05) is 18.2 Å². The number of furan rings is 1. The van der Waals surface area contributed by atoms with E-state index in [9.17, 15) is 9.59 Å². The van der Waals surface area contributed by atoms with E-state index in [1.807, 2.05) is 45.0 Å². The zero-order valence-corrected chi connectivity index (χ0v) is 16.1. The number of carbonyl (C=O) groups is 2. The van der Waals surface area contributed by atoms with Gasteiger partial charge in [-0.3, -0.25) is 4.79 Å². The van der Waals surface area contributed by atoms with Gasteiger partial charge >= 0.3 is 6.09 Å². The molecule has 0 fully saturated rings. The molecular formula is C21H26N2O4. The summed E-state index contributed by atoms with van der Waals surface area (Å²) in [5, 5.41) is 0. The predicted molar refractivity (Wildman–Crippen MR) is 102 cm³/mol. The van der Waals surface area contributed by atoms with E-state index in [0.717, 1.165) is 12.1 Å². The Hall–Kier alpha value is -2.76. The first-order chi connectivity index (χ1) is 12.8. The maximum atomic E-state index is 12.7. The van der Waals surface area contributed by atoms with E-state index in [2.05, 4.69) is 0 Å². The van der Waals surface area contributed by atoms with Crippen molar-refractivity contribution in [3.05, 3.63) is 54.0 Å². The Bertz CT molecular complexity index is 793. The van der Waals surface area contributed by atoms with Crippen LogP contribution in [0.2, 0.25) is 0 Å². The van der Waals surface area contributed by atoms with Gasteiger partial charge in [0.25, 0.3) is 0 Å². The summed E-state index contributed by atoms with van der Waals surface area (Å²) in [4.78, 5) is 28.6. The number of para-hydroxylation sites is 1. The van der Waals surface area contributed by atoms with Crippen molar-refractivity contribution in [3.8, 4) is 0 Å². The second kappa shape index (κ2) is 7.86. The number of hydrogen-bond donors (Lipinski definition) is 0. The minimum Gasteiger partial charge on any atom is -0.467 e. The number of fused-ring (bicyclic) bond motifs is 1. The second-order valence-corrected chi connectivity index (χ2v) is 7.66. The maximum Gasteiger partial charge on any atom is 0.410 e. The summed E-state index contributed by atoms with van der Waals surface area (Å²) < 4.78 is 10.8. The van der Waals surface area contributed by atoms with Gasteiger partial charge in [0.05, 0.1) is 12.8 Å². The molecule has 1 aromatic carbocycles. The molecule has 144 valence electrons. The first-order valence-electron chi connectivity index (χ1n) is 9.22. The normalized spacial score (nSPS) is 13.4. The highest BCUT2D eigenvalue weighted by Crippen LogP contribution is 2.28. The van der Waals surface area contributed by atoms with Gasteiger partial charge in [0.15, 0.2) is 0 Å². The average Bonchev–Trinajstić information content (AvgIpc) is 3.26. The van der Waals surface area contributed by atoms with Crippen LogP contribution in [-0.2, 0) is 22.5 Å². The first-order valence-corrected chi connectivity index (χ1v) is 9.22. The largest absolute Gasteiger partial charge is 0.467 e. The molecule has 3 rings (SSSR count). The second-order valence-electron chi connectivity index (χ2n) is 7.66. The molecule has 1 aromatic heterocycles. The molecule has 0 unspecified atom stereocenters. The molecule has 1 aliphatic rings. The van der Waals surface area contributed by atoms with E-state index >= 15 is 0 Å². The van der Waals surface area contributed by atoms with Crippen molar-refractivity contribution in [1.29, 1.82) is 0 Å². The summed E-state index contributed by atoms with van der Waals surface area (Å²) in [6.45, 7) is 6.69. The lowest BCUT2D eigenvalue weighted by Crippen LogP contribution is -2.39. The van der Waals surface area contributed by atoms with Crippen molar-refractivity contribution in [2.45, 2.75) is 45.8 Å². The molecule has 0 radical (unpaired) electrons. The van der Waals surface area contributed by atoms with Gasteiger partial charge in [-0.25, -0.2) is 4.79 Å². The number of amides is 2. The molecule has 1 aliphatic heterocycles. The highest BCUT2D eigenvalue weighted by molar-refractivity contribution is 5.95. The van der Waals surface area contributed by atoms with Gasteiger partial charge < -0.3 is 19.0 Å². The van der Waals surface area contributed by atoms with E-state index in [0.29, 0.717) is 12.3 Å². The molecule has 2 amide bonds. The molecule has 6 heteroatoms. The summed E-state index contributed by atoms with van der Waals surface area (Å²) >= 11 is 0. The molecule has 0 bridgehead atoms. The number of rotatable bonds is 5. The van der Waals surface area contributed by atoms with Crippen molar-refractivity contribution < 1.29 is 18.7 Å². The van der Waals surface area contributed by atoms with Crippen molar-refractivity contribution in [3.63, 3.8) is 0 Å². The van der Waals surface area contributed by atoms with Crippen LogP contribution in [-0.4, -0.2) is 35.6 Å². The Kier molecular flexibility index (Phi) is 5.54. The standard InChI is InChI=1S/C21H26N2O4/c1-21(2,3)27-20(25)22(15-17-8-6-14-26-17)12-11-19(24)23-13-10-16-7-4-5-9-18(16)23/h4-9,14H,10-13,15H2,1-3H3. The van der Waals surface area contributed by atoms with Crippen LogP contribution in [0.25, 0.3) is 0 Å². The summed E-state index contributed by atoms with van der Waals surface area (Å²) in [6.07, 6.45) is 2.21. The quantitative estimate of drug-likeness (QED) is 0.798. The van der Waals surface area contributed by atoms with Crippen molar-refractivity contribution in [1.82, 2.24) is 4.90 Å². The van der Waals surface area contributed by atoms with Crippen molar-refractivity contribution in [2.24, 2.45) is 0 Å². The molecule has 0 N–H and O–H groups in total. The highest BCUT2D eigenvalue weighted by atomic mass is 16.6. The minimum absolute atomic E-state index is 0.00736. The van der Waals surface area contributed by atoms with Crippen LogP contribution in [0.3, 0.4) is 0 Å². The third-order valence-electron chi connectivity index (χ3n) is 4.36. The van der Waals surface area contributed by atoms with Crippen molar-refractivity contribution >= 4 is 17.7 Å². The fourth-order valence-corrected chi connectivity index (χ4v) is 3.11. The van der Waals surface area contributed by atoms with Crippen LogP contribution < -0.4 is 4.90 Å². The molecule has 0 aliphatic carbocycles. The number of ether oxygens (including phenoxy) is 1. The average molecular weight is 370 g/mol. The molecule has 6 nitrogen and oxygen atoms in total. The Morgan fingerprint density at radius 2 is 1.96 bits per heavy atom. The van der Waals surface area contributed by atoms with Gasteiger partial charge in [-0.15, -0.1) is 0 Å². The summed E-state index contributed by atoms with van der Waals surface area (Å²) in [5.41, 5.74) is 1.55. The van der Waals surface area contributed by atoms with Crippen molar-refractivity contribution in [2.75, 3.05) is 18.0 Å². The van der Waals surface area contributed by atoms with Gasteiger partial charge in [0, 0.05) is 25.2 Å². The Balaban J connectivity index is 1.65. The molecule has 2 aromatic rings. The van der Waals surface area contributed by atoms with E-state index in [1.165, 1.54) is 10.5 Å². The van der Waals surface area contributed by atoms with Crippen LogP contribution in [0.5, 0.6) is 0 Å². The molecule has 0 saturated heterocycles. The van der Waals surface area contributed by atoms with E-state index in [-0.39, 0.29) is 25.4 Å². The smallest absolute Gasteiger partial charge is 0.410 e. The highest BCUT2D eigenvalue weighted by Gasteiger charge is 2.27. The lowest BCUT2D eigenvalue weighted by molar-refractivity contribution is -0.118. The summed E-state index contributed by atoms with van der Waals surface area (Å²) in [6, 6.07) is 11.5. The van der Waals surface area contributed by atoms with E-state index in [1.54, 1.807) is 23.3 Å². The Morgan fingerprint density at radius 1 is 1.19 bits per heavy atom. The molecule has 0 saturated carbocycles. The SMILES string of the molecule is CC(C)(C)OC(=O)N(CCC(=O)N1CCc2ccccc21)Cc1ccco1. The lowest BCUT2D eigenvalue weighted by Gasteiger charge is -2.27. The first kappa shape index (κ1) is 19.0. The fraction of sp³-hybridized carbons (Fsp3) is 0.429. The molecular weight excluding hydrogens is 344 g/mol. The van der Waals surface area contributed by atoms with Gasteiger partial charge in [-0.2, -0.15) is 0 Å². The van der Waals surface area contributed by atoms with Gasteiger partial charge in [0.1, 0.15) is 11.4 Å². The van der Waals surface area contributed by atoms with Crippen LogP contribution in [0.4, 0.5) is 10.5 Å². The number of anilines is 1. The third kappa shape index (κ3) is 4.90. The third-order valence-corrected chi connectivity index (χ3v) is 4.36.